The van der Waals surface area contributed by atoms with E-state index in [0.29, 0.717) is 5.75 Å². The molecule has 7 heteroatoms. The SMILES string of the molecule is CC(=O)Oc1ccc(C(=O)N[C@H](C(N)=O)[C@H](C)CC#N)cc1. The monoisotopic (exact) mass is 303 g/mol. The van der Waals surface area contributed by atoms with Gasteiger partial charge in [0.05, 0.1) is 6.07 Å². The van der Waals surface area contributed by atoms with Crippen molar-refractivity contribution in [1.82, 2.24) is 5.32 Å². The van der Waals surface area contributed by atoms with E-state index in [4.69, 9.17) is 15.7 Å². The van der Waals surface area contributed by atoms with Crippen LogP contribution in [0.2, 0.25) is 0 Å². The van der Waals surface area contributed by atoms with E-state index in [-0.39, 0.29) is 12.0 Å². The second kappa shape index (κ2) is 7.78. The summed E-state index contributed by atoms with van der Waals surface area (Å²) in [5.41, 5.74) is 5.54. The van der Waals surface area contributed by atoms with Gasteiger partial charge in [0.15, 0.2) is 0 Å². The Morgan fingerprint density at radius 1 is 1.32 bits per heavy atom. The Bertz CT molecular complexity index is 604. The van der Waals surface area contributed by atoms with Crippen LogP contribution in [0.1, 0.15) is 30.6 Å². The first-order valence-corrected chi connectivity index (χ1v) is 6.60. The van der Waals surface area contributed by atoms with Gasteiger partial charge in [0.25, 0.3) is 5.91 Å². The van der Waals surface area contributed by atoms with Gasteiger partial charge in [-0.15, -0.1) is 0 Å². The number of ether oxygens (including phenoxy) is 1. The highest BCUT2D eigenvalue weighted by atomic mass is 16.5. The smallest absolute Gasteiger partial charge is 0.308 e. The minimum atomic E-state index is -0.930. The Kier molecular flexibility index (Phi) is 6.08. The quantitative estimate of drug-likeness (QED) is 0.593. The first kappa shape index (κ1) is 17.2. The number of nitrogens with two attached hydrogens (primary N) is 1. The van der Waals surface area contributed by atoms with Crippen LogP contribution in [0.5, 0.6) is 5.75 Å². The van der Waals surface area contributed by atoms with Crippen molar-refractivity contribution in [3.8, 4) is 11.8 Å². The highest BCUT2D eigenvalue weighted by Gasteiger charge is 2.25. The van der Waals surface area contributed by atoms with Gasteiger partial charge in [-0.2, -0.15) is 5.26 Å². The summed E-state index contributed by atoms with van der Waals surface area (Å²) < 4.78 is 4.86. The van der Waals surface area contributed by atoms with Gasteiger partial charge in [-0.1, -0.05) is 6.92 Å². The molecular weight excluding hydrogens is 286 g/mol. The average Bonchev–Trinajstić information content (AvgIpc) is 2.44. The topological polar surface area (TPSA) is 122 Å². The van der Waals surface area contributed by atoms with Crippen LogP contribution in [0.4, 0.5) is 0 Å². The van der Waals surface area contributed by atoms with E-state index in [2.05, 4.69) is 5.32 Å². The molecule has 0 saturated heterocycles. The van der Waals surface area contributed by atoms with Crippen molar-refractivity contribution in [3.05, 3.63) is 29.8 Å². The van der Waals surface area contributed by atoms with Crippen LogP contribution in [-0.2, 0) is 9.59 Å². The number of rotatable bonds is 6. The van der Waals surface area contributed by atoms with Gasteiger partial charge in [-0.25, -0.2) is 0 Å². The lowest BCUT2D eigenvalue weighted by Crippen LogP contribution is -2.48. The van der Waals surface area contributed by atoms with E-state index < -0.39 is 29.7 Å². The van der Waals surface area contributed by atoms with E-state index in [1.165, 1.54) is 31.2 Å². The molecule has 0 aliphatic heterocycles. The molecule has 1 rings (SSSR count). The van der Waals surface area contributed by atoms with Gasteiger partial charge < -0.3 is 15.8 Å². The summed E-state index contributed by atoms with van der Waals surface area (Å²) in [6.07, 6.45) is 0.0965. The highest BCUT2D eigenvalue weighted by molar-refractivity contribution is 5.97. The predicted octanol–water partition coefficient (Wildman–Crippen LogP) is 0.745. The third-order valence-corrected chi connectivity index (χ3v) is 2.95. The van der Waals surface area contributed by atoms with Crippen LogP contribution >= 0.6 is 0 Å². The molecule has 0 spiro atoms. The van der Waals surface area contributed by atoms with Crippen molar-refractivity contribution in [2.45, 2.75) is 26.3 Å². The largest absolute Gasteiger partial charge is 0.427 e. The van der Waals surface area contributed by atoms with Crippen molar-refractivity contribution in [2.75, 3.05) is 0 Å². The number of nitriles is 1. The van der Waals surface area contributed by atoms with Crippen LogP contribution in [0.3, 0.4) is 0 Å². The zero-order valence-electron chi connectivity index (χ0n) is 12.3. The number of nitrogens with one attached hydrogen (secondary N) is 1. The molecule has 0 saturated carbocycles. The Labute approximate surface area is 128 Å². The number of esters is 1. The molecule has 2 amide bonds. The van der Waals surface area contributed by atoms with Crippen molar-refractivity contribution < 1.29 is 19.1 Å². The van der Waals surface area contributed by atoms with Gasteiger partial charge in [0, 0.05) is 18.9 Å². The van der Waals surface area contributed by atoms with Crippen LogP contribution in [0.25, 0.3) is 0 Å². The Morgan fingerprint density at radius 3 is 2.36 bits per heavy atom. The minimum Gasteiger partial charge on any atom is -0.427 e. The molecule has 2 atom stereocenters. The number of nitrogens with zero attached hydrogens (tertiary/aromatic N) is 1. The molecule has 3 N–H and O–H groups in total. The van der Waals surface area contributed by atoms with Gasteiger partial charge in [-0.05, 0) is 30.2 Å². The van der Waals surface area contributed by atoms with Crippen LogP contribution in [0.15, 0.2) is 24.3 Å². The van der Waals surface area contributed by atoms with Gasteiger partial charge in [-0.3, -0.25) is 14.4 Å². The molecule has 0 unspecified atom stereocenters. The fourth-order valence-electron chi connectivity index (χ4n) is 1.82. The molecule has 0 aliphatic rings. The number of carbonyl (C=O) groups excluding carboxylic acids is 3. The number of hydrogen-bond donors (Lipinski definition) is 2. The minimum absolute atomic E-state index is 0.0965. The van der Waals surface area contributed by atoms with E-state index in [1.807, 2.05) is 6.07 Å². The highest BCUT2D eigenvalue weighted by Crippen LogP contribution is 2.13. The maximum Gasteiger partial charge on any atom is 0.308 e. The zero-order chi connectivity index (χ0) is 16.7. The Hall–Kier alpha value is -2.88. The van der Waals surface area contributed by atoms with E-state index in [9.17, 15) is 14.4 Å². The standard InChI is InChI=1S/C15H17N3O4/c1-9(7-8-16)13(14(17)20)18-15(21)11-3-5-12(6-4-11)22-10(2)19/h3-6,9,13H,7H2,1-2H3,(H2,17,20)(H,18,21)/t9-,13+/m1/s1. The molecule has 116 valence electrons. The summed E-state index contributed by atoms with van der Waals surface area (Å²) in [7, 11) is 0. The van der Waals surface area contributed by atoms with Crippen LogP contribution in [-0.4, -0.2) is 23.8 Å². The first-order chi connectivity index (χ1) is 10.3. The Balaban J connectivity index is 2.80. The van der Waals surface area contributed by atoms with Crippen molar-refractivity contribution in [2.24, 2.45) is 11.7 Å². The third-order valence-electron chi connectivity index (χ3n) is 2.95. The van der Waals surface area contributed by atoms with Crippen LogP contribution < -0.4 is 15.8 Å². The number of primary amides is 1. The molecule has 7 nitrogen and oxygen atoms in total. The van der Waals surface area contributed by atoms with E-state index >= 15 is 0 Å². The molecule has 0 fully saturated rings. The van der Waals surface area contributed by atoms with Crippen LogP contribution in [0, 0.1) is 17.2 Å². The maximum absolute atomic E-state index is 12.1. The lowest BCUT2D eigenvalue weighted by atomic mass is 9.98. The Morgan fingerprint density at radius 2 is 1.91 bits per heavy atom. The fraction of sp³-hybridized carbons (Fsp3) is 0.333. The molecule has 0 heterocycles. The maximum atomic E-state index is 12.1. The van der Waals surface area contributed by atoms with Gasteiger partial charge in [0.2, 0.25) is 5.91 Å². The van der Waals surface area contributed by atoms with Gasteiger partial charge >= 0.3 is 5.97 Å². The molecule has 0 radical (unpaired) electrons. The molecule has 0 aromatic heterocycles. The second-order valence-corrected chi connectivity index (χ2v) is 4.81. The summed E-state index contributed by atoms with van der Waals surface area (Å²) in [6, 6.07) is 6.85. The predicted molar refractivity (Wildman–Crippen MR) is 77.6 cm³/mol. The molecule has 0 bridgehead atoms. The lowest BCUT2D eigenvalue weighted by molar-refractivity contribution is -0.131. The van der Waals surface area contributed by atoms with Gasteiger partial charge in [0.1, 0.15) is 11.8 Å². The number of benzene rings is 1. The first-order valence-electron chi connectivity index (χ1n) is 6.60. The molecule has 1 aromatic rings. The number of hydrogen-bond acceptors (Lipinski definition) is 5. The summed E-state index contributed by atoms with van der Waals surface area (Å²) in [5.74, 6) is -1.74. The average molecular weight is 303 g/mol. The second-order valence-electron chi connectivity index (χ2n) is 4.81. The summed E-state index contributed by atoms with van der Waals surface area (Å²) in [4.78, 5) is 34.3. The summed E-state index contributed by atoms with van der Waals surface area (Å²) in [6.45, 7) is 2.93. The summed E-state index contributed by atoms with van der Waals surface area (Å²) in [5, 5.41) is 11.2. The number of amides is 2. The van der Waals surface area contributed by atoms with E-state index in [0.717, 1.165) is 0 Å². The number of carbonyl (C=O) groups is 3. The van der Waals surface area contributed by atoms with Crippen molar-refractivity contribution in [1.29, 1.82) is 5.26 Å². The molecular formula is C15H17N3O4. The normalized spacial score (nSPS) is 12.6. The third kappa shape index (κ3) is 4.90. The molecule has 22 heavy (non-hydrogen) atoms. The molecule has 1 aromatic carbocycles. The zero-order valence-corrected chi connectivity index (χ0v) is 12.3. The lowest BCUT2D eigenvalue weighted by Gasteiger charge is -2.20. The van der Waals surface area contributed by atoms with Crippen molar-refractivity contribution >= 4 is 17.8 Å². The summed E-state index contributed by atoms with van der Waals surface area (Å²) >= 11 is 0. The van der Waals surface area contributed by atoms with Crippen molar-refractivity contribution in [3.63, 3.8) is 0 Å². The van der Waals surface area contributed by atoms with E-state index in [1.54, 1.807) is 6.92 Å². The molecule has 0 aliphatic carbocycles. The fourth-order valence-corrected chi connectivity index (χ4v) is 1.82.